The first-order chi connectivity index (χ1) is 8.16. The van der Waals surface area contributed by atoms with Crippen molar-refractivity contribution in [3.05, 3.63) is 23.6 Å². The molecule has 2 rings (SSSR count). The van der Waals surface area contributed by atoms with Crippen LogP contribution in [-0.4, -0.2) is 28.4 Å². The number of hydrogen-bond acceptors (Lipinski definition) is 4. The van der Waals surface area contributed by atoms with Gasteiger partial charge in [0.05, 0.1) is 11.8 Å². The van der Waals surface area contributed by atoms with Gasteiger partial charge in [0.1, 0.15) is 11.6 Å². The highest BCUT2D eigenvalue weighted by molar-refractivity contribution is 7.99. The molecule has 0 atom stereocenters. The van der Waals surface area contributed by atoms with Crippen molar-refractivity contribution >= 4 is 23.5 Å². The molecule has 1 amide bonds. The summed E-state index contributed by atoms with van der Waals surface area (Å²) in [5, 5.41) is 3.17. The smallest absolute Gasteiger partial charge is 0.252 e. The van der Waals surface area contributed by atoms with Crippen LogP contribution in [0.3, 0.4) is 0 Å². The zero-order valence-corrected chi connectivity index (χ0v) is 10.1. The second kappa shape index (κ2) is 5.35. The van der Waals surface area contributed by atoms with E-state index in [-0.39, 0.29) is 11.6 Å². The molecule has 0 aliphatic carbocycles. The Morgan fingerprint density at radius 3 is 2.88 bits per heavy atom. The van der Waals surface area contributed by atoms with Crippen LogP contribution in [0.25, 0.3) is 0 Å². The van der Waals surface area contributed by atoms with Gasteiger partial charge in [0.15, 0.2) is 0 Å². The van der Waals surface area contributed by atoms with Crippen molar-refractivity contribution < 1.29 is 9.18 Å². The molecule has 1 aromatic heterocycles. The van der Waals surface area contributed by atoms with Gasteiger partial charge in [-0.25, -0.2) is 9.37 Å². The summed E-state index contributed by atoms with van der Waals surface area (Å²) >= 11 is 1.91. The number of carbonyl (C=O) groups excluding carboxylic acids is 1. The molecule has 17 heavy (non-hydrogen) atoms. The molecule has 6 heteroatoms. The quantitative estimate of drug-likeness (QED) is 0.861. The first kappa shape index (κ1) is 12.2. The number of hydrogen-bond donors (Lipinski definition) is 2. The van der Waals surface area contributed by atoms with Gasteiger partial charge < -0.3 is 11.1 Å². The molecular formula is C11H14FN3OS. The first-order valence-electron chi connectivity index (χ1n) is 5.46. The van der Waals surface area contributed by atoms with E-state index in [9.17, 15) is 9.18 Å². The fourth-order valence-electron chi connectivity index (χ4n) is 1.78. The molecule has 1 aliphatic rings. The number of amides is 1. The molecule has 1 aliphatic heterocycles. The molecule has 0 unspecified atom stereocenters. The zero-order chi connectivity index (χ0) is 12.3. The number of pyridine rings is 1. The van der Waals surface area contributed by atoms with Crippen LogP contribution in [0.4, 0.5) is 10.2 Å². The number of nitrogens with two attached hydrogens (primary N) is 1. The predicted octanol–water partition coefficient (Wildman–Crippen LogP) is 1.63. The summed E-state index contributed by atoms with van der Waals surface area (Å²) in [6.07, 6.45) is 3.12. The highest BCUT2D eigenvalue weighted by Crippen LogP contribution is 2.22. The SMILES string of the molecule is NC(=O)c1cc(F)cnc1NC1CCSCC1. The lowest BCUT2D eigenvalue weighted by Gasteiger charge is -2.23. The Bertz CT molecular complexity index is 421. The molecule has 0 spiro atoms. The Balaban J connectivity index is 2.16. The Kier molecular flexibility index (Phi) is 3.83. The van der Waals surface area contributed by atoms with Gasteiger partial charge >= 0.3 is 0 Å². The molecule has 4 nitrogen and oxygen atoms in total. The second-order valence-corrected chi connectivity index (χ2v) is 5.17. The molecule has 0 bridgehead atoms. The number of nitrogens with one attached hydrogen (secondary N) is 1. The van der Waals surface area contributed by atoms with Crippen LogP contribution in [0.1, 0.15) is 23.2 Å². The topological polar surface area (TPSA) is 68.0 Å². The van der Waals surface area contributed by atoms with E-state index < -0.39 is 11.7 Å². The summed E-state index contributed by atoms with van der Waals surface area (Å²) in [4.78, 5) is 15.1. The lowest BCUT2D eigenvalue weighted by Crippen LogP contribution is -2.27. The number of thioether (sulfide) groups is 1. The summed E-state index contributed by atoms with van der Waals surface area (Å²) in [7, 11) is 0. The van der Waals surface area contributed by atoms with Crippen molar-refractivity contribution in [1.29, 1.82) is 0 Å². The van der Waals surface area contributed by atoms with Crippen LogP contribution in [0.15, 0.2) is 12.3 Å². The molecule has 92 valence electrons. The molecule has 0 radical (unpaired) electrons. The van der Waals surface area contributed by atoms with Gasteiger partial charge in [-0.15, -0.1) is 0 Å². The van der Waals surface area contributed by atoms with Gasteiger partial charge in [-0.3, -0.25) is 4.79 Å². The molecule has 1 saturated heterocycles. The Hall–Kier alpha value is -1.30. The van der Waals surface area contributed by atoms with Crippen molar-refractivity contribution in [2.24, 2.45) is 5.73 Å². The van der Waals surface area contributed by atoms with Crippen molar-refractivity contribution in [2.75, 3.05) is 16.8 Å². The molecule has 1 fully saturated rings. The van der Waals surface area contributed by atoms with E-state index in [1.54, 1.807) is 0 Å². The number of halogens is 1. The van der Waals surface area contributed by atoms with E-state index >= 15 is 0 Å². The minimum absolute atomic E-state index is 0.114. The maximum Gasteiger partial charge on any atom is 0.252 e. The predicted molar refractivity (Wildman–Crippen MR) is 66.7 cm³/mol. The molecule has 3 N–H and O–H groups in total. The van der Waals surface area contributed by atoms with Gasteiger partial charge in [0.2, 0.25) is 0 Å². The van der Waals surface area contributed by atoms with Crippen LogP contribution >= 0.6 is 11.8 Å². The Labute approximate surface area is 103 Å². The maximum atomic E-state index is 13.0. The van der Waals surface area contributed by atoms with Gasteiger partial charge in [-0.2, -0.15) is 11.8 Å². The lowest BCUT2D eigenvalue weighted by atomic mass is 10.1. The fraction of sp³-hybridized carbons (Fsp3) is 0.455. The second-order valence-electron chi connectivity index (χ2n) is 3.94. The Morgan fingerprint density at radius 1 is 1.53 bits per heavy atom. The number of primary amides is 1. The van der Waals surface area contributed by atoms with Crippen LogP contribution in [-0.2, 0) is 0 Å². The largest absolute Gasteiger partial charge is 0.367 e. The maximum absolute atomic E-state index is 13.0. The fourth-order valence-corrected chi connectivity index (χ4v) is 2.88. The number of nitrogens with zero attached hydrogens (tertiary/aromatic N) is 1. The van der Waals surface area contributed by atoms with E-state index in [0.717, 1.165) is 36.6 Å². The molecule has 0 saturated carbocycles. The minimum atomic E-state index is -0.662. The van der Waals surface area contributed by atoms with Crippen LogP contribution in [0.2, 0.25) is 0 Å². The van der Waals surface area contributed by atoms with E-state index in [4.69, 9.17) is 5.73 Å². The van der Waals surface area contributed by atoms with Crippen molar-refractivity contribution in [3.8, 4) is 0 Å². The third-order valence-electron chi connectivity index (χ3n) is 2.68. The third-order valence-corrected chi connectivity index (χ3v) is 3.73. The van der Waals surface area contributed by atoms with E-state index in [1.165, 1.54) is 0 Å². The summed E-state index contributed by atoms with van der Waals surface area (Å²) in [5.74, 6) is 1.35. The lowest BCUT2D eigenvalue weighted by molar-refractivity contribution is 0.100. The normalized spacial score (nSPS) is 16.8. The van der Waals surface area contributed by atoms with Gasteiger partial charge in [-0.1, -0.05) is 0 Å². The van der Waals surface area contributed by atoms with Gasteiger partial charge in [0.25, 0.3) is 5.91 Å². The average Bonchev–Trinajstić information content (AvgIpc) is 2.32. The summed E-state index contributed by atoms with van der Waals surface area (Å²) < 4.78 is 13.0. The third kappa shape index (κ3) is 3.09. The average molecular weight is 255 g/mol. The number of carbonyl (C=O) groups is 1. The Morgan fingerprint density at radius 2 is 2.24 bits per heavy atom. The summed E-state index contributed by atoms with van der Waals surface area (Å²) in [5.41, 5.74) is 5.31. The molecule has 1 aromatic rings. The summed E-state index contributed by atoms with van der Waals surface area (Å²) in [6, 6.07) is 1.40. The summed E-state index contributed by atoms with van der Waals surface area (Å²) in [6.45, 7) is 0. The molecule has 2 heterocycles. The highest BCUT2D eigenvalue weighted by Gasteiger charge is 2.17. The van der Waals surface area contributed by atoms with Crippen molar-refractivity contribution in [3.63, 3.8) is 0 Å². The number of anilines is 1. The van der Waals surface area contributed by atoms with E-state index in [0.29, 0.717) is 5.82 Å². The molecule has 0 aromatic carbocycles. The molecular weight excluding hydrogens is 241 g/mol. The van der Waals surface area contributed by atoms with Crippen molar-refractivity contribution in [2.45, 2.75) is 18.9 Å². The minimum Gasteiger partial charge on any atom is -0.367 e. The van der Waals surface area contributed by atoms with Gasteiger partial charge in [0, 0.05) is 6.04 Å². The highest BCUT2D eigenvalue weighted by atomic mass is 32.2. The van der Waals surface area contributed by atoms with E-state index in [1.807, 2.05) is 11.8 Å². The monoisotopic (exact) mass is 255 g/mol. The number of rotatable bonds is 3. The van der Waals surface area contributed by atoms with Crippen LogP contribution in [0, 0.1) is 5.82 Å². The van der Waals surface area contributed by atoms with Crippen LogP contribution < -0.4 is 11.1 Å². The van der Waals surface area contributed by atoms with Gasteiger partial charge in [-0.05, 0) is 30.4 Å². The van der Waals surface area contributed by atoms with Crippen molar-refractivity contribution in [1.82, 2.24) is 4.98 Å². The van der Waals surface area contributed by atoms with Crippen LogP contribution in [0.5, 0.6) is 0 Å². The standard InChI is InChI=1S/C11H14FN3OS/c12-7-5-9(10(13)16)11(14-6-7)15-8-1-3-17-4-2-8/h5-6,8H,1-4H2,(H2,13,16)(H,14,15). The number of aromatic nitrogens is 1. The zero-order valence-electron chi connectivity index (χ0n) is 9.28. The van der Waals surface area contributed by atoms with E-state index in [2.05, 4.69) is 10.3 Å². The first-order valence-corrected chi connectivity index (χ1v) is 6.62.